The first-order valence-electron chi connectivity index (χ1n) is 9.95. The second kappa shape index (κ2) is 9.20. The largest absolute Gasteiger partial charge is 0.489 e. The third-order valence-corrected chi connectivity index (χ3v) is 5.15. The van der Waals surface area contributed by atoms with E-state index in [1.807, 2.05) is 65.6 Å². The van der Waals surface area contributed by atoms with Crippen LogP contribution < -0.4 is 4.74 Å². The summed E-state index contributed by atoms with van der Waals surface area (Å²) >= 11 is 0. The van der Waals surface area contributed by atoms with Crippen LogP contribution in [-0.2, 0) is 11.4 Å². The van der Waals surface area contributed by atoms with E-state index in [0.29, 0.717) is 6.61 Å². The molecule has 3 aromatic rings. The lowest BCUT2D eigenvalue weighted by Crippen LogP contribution is -2.28. The number of rotatable bonds is 6. The van der Waals surface area contributed by atoms with Crippen molar-refractivity contribution < 1.29 is 9.53 Å². The molecule has 0 saturated carbocycles. The van der Waals surface area contributed by atoms with Crippen LogP contribution in [0.5, 0.6) is 5.75 Å². The molecule has 0 spiro atoms. The van der Waals surface area contributed by atoms with E-state index in [9.17, 15) is 4.79 Å². The average molecular weight is 384 g/mol. The van der Waals surface area contributed by atoms with E-state index in [-0.39, 0.29) is 11.9 Å². The molecule has 1 aliphatic heterocycles. The number of pyridine rings is 1. The van der Waals surface area contributed by atoms with Gasteiger partial charge in [-0.2, -0.15) is 0 Å². The van der Waals surface area contributed by atoms with E-state index in [0.717, 1.165) is 36.3 Å². The number of carbonyl (C=O) groups is 1. The number of hydrogen-bond acceptors (Lipinski definition) is 3. The predicted octanol–water partition coefficient (Wildman–Crippen LogP) is 5.04. The van der Waals surface area contributed by atoms with Gasteiger partial charge in [-0.05, 0) is 48.2 Å². The first-order chi connectivity index (χ1) is 14.3. The van der Waals surface area contributed by atoms with Crippen molar-refractivity contribution in [2.24, 2.45) is 0 Å². The molecule has 1 saturated heterocycles. The van der Waals surface area contributed by atoms with Gasteiger partial charge < -0.3 is 9.64 Å². The van der Waals surface area contributed by atoms with Crippen LogP contribution in [0.1, 0.15) is 35.6 Å². The normalized spacial score (nSPS) is 16.3. The van der Waals surface area contributed by atoms with Gasteiger partial charge in [0.1, 0.15) is 12.4 Å². The highest BCUT2D eigenvalue weighted by atomic mass is 16.5. The molecule has 0 aliphatic carbocycles. The number of benzene rings is 2. The van der Waals surface area contributed by atoms with Gasteiger partial charge in [0.25, 0.3) is 0 Å². The molecule has 0 N–H and O–H groups in total. The molecule has 4 rings (SSSR count). The minimum Gasteiger partial charge on any atom is -0.489 e. The molecule has 4 nitrogen and oxygen atoms in total. The minimum atomic E-state index is 0.0632. The Bertz CT molecular complexity index is 953. The van der Waals surface area contributed by atoms with E-state index in [2.05, 4.69) is 17.1 Å². The summed E-state index contributed by atoms with van der Waals surface area (Å²) in [6.07, 6.45) is 9.15. The fourth-order valence-corrected chi connectivity index (χ4v) is 3.64. The summed E-state index contributed by atoms with van der Waals surface area (Å²) in [6, 6.07) is 22.1. The summed E-state index contributed by atoms with van der Waals surface area (Å²) in [5.41, 5.74) is 3.21. The highest BCUT2D eigenvalue weighted by Gasteiger charge is 2.28. The Morgan fingerprint density at radius 1 is 1.07 bits per heavy atom. The van der Waals surface area contributed by atoms with Gasteiger partial charge in [0, 0.05) is 30.6 Å². The number of nitrogens with zero attached hydrogens (tertiary/aromatic N) is 2. The van der Waals surface area contributed by atoms with Gasteiger partial charge in [-0.3, -0.25) is 9.78 Å². The van der Waals surface area contributed by atoms with Crippen molar-refractivity contribution in [3.63, 3.8) is 0 Å². The minimum absolute atomic E-state index is 0.0632. The zero-order chi connectivity index (χ0) is 19.9. The molecule has 1 aliphatic rings. The molecule has 2 heterocycles. The Balaban J connectivity index is 1.35. The van der Waals surface area contributed by atoms with Crippen LogP contribution >= 0.6 is 0 Å². The van der Waals surface area contributed by atoms with Crippen LogP contribution in [0.3, 0.4) is 0 Å². The maximum atomic E-state index is 12.7. The molecule has 2 aromatic carbocycles. The van der Waals surface area contributed by atoms with Crippen LogP contribution in [0.4, 0.5) is 0 Å². The molecule has 4 heteroatoms. The zero-order valence-electron chi connectivity index (χ0n) is 16.3. The van der Waals surface area contributed by atoms with Gasteiger partial charge in [-0.25, -0.2) is 0 Å². The van der Waals surface area contributed by atoms with Crippen molar-refractivity contribution >= 4 is 12.0 Å². The first kappa shape index (κ1) is 18.9. The third-order valence-electron chi connectivity index (χ3n) is 5.15. The quantitative estimate of drug-likeness (QED) is 0.559. The van der Waals surface area contributed by atoms with Gasteiger partial charge in [-0.1, -0.05) is 48.5 Å². The van der Waals surface area contributed by atoms with Gasteiger partial charge in [0.05, 0.1) is 6.04 Å². The van der Waals surface area contributed by atoms with Gasteiger partial charge in [-0.15, -0.1) is 0 Å². The second-order valence-electron chi connectivity index (χ2n) is 7.15. The van der Waals surface area contributed by atoms with E-state index in [1.165, 1.54) is 5.56 Å². The monoisotopic (exact) mass is 384 g/mol. The van der Waals surface area contributed by atoms with Crippen molar-refractivity contribution in [2.45, 2.75) is 25.5 Å². The van der Waals surface area contributed by atoms with Crippen molar-refractivity contribution in [1.29, 1.82) is 0 Å². The lowest BCUT2D eigenvalue weighted by atomic mass is 10.0. The summed E-state index contributed by atoms with van der Waals surface area (Å²) in [6.45, 7) is 1.29. The Labute approximate surface area is 171 Å². The molecule has 1 amide bonds. The molecule has 0 unspecified atom stereocenters. The van der Waals surface area contributed by atoms with E-state index in [1.54, 1.807) is 18.5 Å². The van der Waals surface area contributed by atoms with Gasteiger partial charge in [0.2, 0.25) is 5.91 Å². The molecule has 146 valence electrons. The first-order valence-corrected chi connectivity index (χ1v) is 9.95. The molecule has 0 radical (unpaired) electrons. The van der Waals surface area contributed by atoms with E-state index >= 15 is 0 Å². The average Bonchev–Trinajstić information content (AvgIpc) is 3.28. The van der Waals surface area contributed by atoms with E-state index in [4.69, 9.17) is 4.74 Å². The number of hydrogen-bond donors (Lipinski definition) is 0. The standard InChI is InChI=1S/C25H24N2O2/c28-25(27-17-5-9-24(27)22-7-2-1-3-8-22)15-12-20-10-13-23(14-11-20)29-19-21-6-4-16-26-18-21/h1-4,6-8,10-16,18,24H,5,9,17,19H2/b15-12-/t24-/m0/s1. The SMILES string of the molecule is O=C(/C=C\c1ccc(OCc2cccnc2)cc1)N1CCC[C@H]1c1ccccc1. The maximum Gasteiger partial charge on any atom is 0.247 e. The van der Waals surface area contributed by atoms with Crippen LogP contribution in [0.2, 0.25) is 0 Å². The van der Waals surface area contributed by atoms with E-state index < -0.39 is 0 Å². The second-order valence-corrected chi connectivity index (χ2v) is 7.15. The summed E-state index contributed by atoms with van der Waals surface area (Å²) in [4.78, 5) is 18.8. The number of likely N-dealkylation sites (tertiary alicyclic amines) is 1. The highest BCUT2D eigenvalue weighted by Crippen LogP contribution is 2.32. The third kappa shape index (κ3) is 4.91. The molecule has 1 atom stereocenters. The summed E-state index contributed by atoms with van der Waals surface area (Å²) in [5, 5.41) is 0. The summed E-state index contributed by atoms with van der Waals surface area (Å²) in [5.74, 6) is 0.856. The lowest BCUT2D eigenvalue weighted by Gasteiger charge is -2.23. The zero-order valence-corrected chi connectivity index (χ0v) is 16.3. The van der Waals surface area contributed by atoms with Crippen LogP contribution in [0.25, 0.3) is 6.08 Å². The number of aromatic nitrogens is 1. The molecule has 29 heavy (non-hydrogen) atoms. The Hall–Kier alpha value is -3.40. The Kier molecular flexibility index (Phi) is 6.01. The number of amides is 1. The molecule has 1 fully saturated rings. The summed E-state index contributed by atoms with van der Waals surface area (Å²) < 4.78 is 5.78. The predicted molar refractivity (Wildman–Crippen MR) is 114 cm³/mol. The van der Waals surface area contributed by atoms with Gasteiger partial charge in [0.15, 0.2) is 0 Å². The van der Waals surface area contributed by atoms with Crippen LogP contribution in [0, 0.1) is 0 Å². The number of carbonyl (C=O) groups excluding carboxylic acids is 1. The fraction of sp³-hybridized carbons (Fsp3) is 0.200. The topological polar surface area (TPSA) is 42.4 Å². The lowest BCUT2D eigenvalue weighted by molar-refractivity contribution is -0.126. The van der Waals surface area contributed by atoms with Crippen molar-refractivity contribution in [3.8, 4) is 5.75 Å². The van der Waals surface area contributed by atoms with Crippen LogP contribution in [0.15, 0.2) is 85.2 Å². The Morgan fingerprint density at radius 3 is 2.66 bits per heavy atom. The molecule has 0 bridgehead atoms. The molecule has 1 aromatic heterocycles. The summed E-state index contributed by atoms with van der Waals surface area (Å²) in [7, 11) is 0. The van der Waals surface area contributed by atoms with Crippen LogP contribution in [-0.4, -0.2) is 22.3 Å². The van der Waals surface area contributed by atoms with Gasteiger partial charge >= 0.3 is 0 Å². The molecular weight excluding hydrogens is 360 g/mol. The molecular formula is C25H24N2O2. The maximum absolute atomic E-state index is 12.7. The van der Waals surface area contributed by atoms with Crippen molar-refractivity contribution in [2.75, 3.05) is 6.54 Å². The highest BCUT2D eigenvalue weighted by molar-refractivity contribution is 5.92. The Morgan fingerprint density at radius 2 is 1.90 bits per heavy atom. The fourth-order valence-electron chi connectivity index (χ4n) is 3.64. The van der Waals surface area contributed by atoms with Crippen molar-refractivity contribution in [1.82, 2.24) is 9.88 Å². The number of ether oxygens (including phenoxy) is 1. The smallest absolute Gasteiger partial charge is 0.247 e. The van der Waals surface area contributed by atoms with Crippen molar-refractivity contribution in [3.05, 3.63) is 102 Å².